The molecule has 0 N–H and O–H groups in total. The van der Waals surface area contributed by atoms with E-state index in [1.54, 1.807) is 0 Å². The number of fused-ring (bicyclic) bond motifs is 3. The maximum Gasteiger partial charge on any atom is 3.00 e. The summed E-state index contributed by atoms with van der Waals surface area (Å²) in [4.78, 5) is 0. The molecule has 0 aromatic heterocycles. The van der Waals surface area contributed by atoms with E-state index in [2.05, 4.69) is 54.6 Å². The minimum absolute atomic E-state index is 0. The number of halogens is 2. The van der Waals surface area contributed by atoms with Gasteiger partial charge in [-0.2, -0.15) is 12.1 Å². The second-order valence-electron chi connectivity index (χ2n) is 3.32. The summed E-state index contributed by atoms with van der Waals surface area (Å²) in [5.74, 6) is 0. The van der Waals surface area contributed by atoms with Crippen LogP contribution in [0.4, 0.5) is 0 Å². The molecule has 0 fully saturated rings. The molecule has 16 heavy (non-hydrogen) atoms. The van der Waals surface area contributed by atoms with Gasteiger partial charge < -0.3 is 24.8 Å². The molecule has 0 aliphatic heterocycles. The van der Waals surface area contributed by atoms with Gasteiger partial charge in [0.15, 0.2) is 0 Å². The van der Waals surface area contributed by atoms with Gasteiger partial charge in [0.25, 0.3) is 0 Å². The van der Waals surface area contributed by atoms with Gasteiger partial charge in [0.2, 0.25) is 0 Å². The van der Waals surface area contributed by atoms with Crippen molar-refractivity contribution in [1.29, 1.82) is 0 Å². The normalized spacial score (nSPS) is 9.00. The Balaban J connectivity index is 0.000000750. The summed E-state index contributed by atoms with van der Waals surface area (Å²) < 4.78 is 0. The van der Waals surface area contributed by atoms with Crippen LogP contribution in [0.15, 0.2) is 54.6 Å². The second-order valence-corrected chi connectivity index (χ2v) is 3.32. The van der Waals surface area contributed by atoms with Crippen LogP contribution in [-0.4, -0.2) is 0 Å². The standard InChI is InChI=1S/C13H9.2ClH.Zr/c1-2-6-12-10(4-1)8-9-11-5-3-7-13(11)12;;;/h1-9H;2*1H;/q-1;;;+3/p-2. The van der Waals surface area contributed by atoms with Crippen LogP contribution in [-0.2, 0) is 26.2 Å². The first-order valence-electron chi connectivity index (χ1n) is 4.48. The fourth-order valence-corrected chi connectivity index (χ4v) is 1.89. The fraction of sp³-hybridized carbons (Fsp3) is 0. The van der Waals surface area contributed by atoms with Gasteiger partial charge in [0.05, 0.1) is 0 Å². The molecule has 3 heteroatoms. The summed E-state index contributed by atoms with van der Waals surface area (Å²) in [6.45, 7) is 0. The number of hydrogen-bond donors (Lipinski definition) is 0. The molecule has 0 unspecified atom stereocenters. The molecule has 3 rings (SSSR count). The zero-order chi connectivity index (χ0) is 8.67. The van der Waals surface area contributed by atoms with E-state index < -0.39 is 0 Å². The zero-order valence-corrected chi connectivity index (χ0v) is 12.4. The molecule has 0 spiro atoms. The molecule has 0 atom stereocenters. The topological polar surface area (TPSA) is 0 Å². The van der Waals surface area contributed by atoms with E-state index in [-0.39, 0.29) is 51.0 Å². The Labute approximate surface area is 126 Å². The number of hydrogen-bond acceptors (Lipinski definition) is 0. The average Bonchev–Trinajstić information content (AvgIpc) is 2.65. The van der Waals surface area contributed by atoms with Crippen LogP contribution in [0.5, 0.6) is 0 Å². The van der Waals surface area contributed by atoms with Gasteiger partial charge in [-0.3, -0.25) is 0 Å². The van der Waals surface area contributed by atoms with Crippen LogP contribution in [0.25, 0.3) is 21.5 Å². The molecule has 0 saturated heterocycles. The van der Waals surface area contributed by atoms with Gasteiger partial charge in [-0.05, 0) is 5.39 Å². The first kappa shape index (κ1) is 15.8. The first-order chi connectivity index (χ1) is 6.45. The van der Waals surface area contributed by atoms with Crippen molar-refractivity contribution < 1.29 is 51.0 Å². The maximum atomic E-state index is 2.18. The third-order valence-corrected chi connectivity index (χ3v) is 2.54. The first-order valence-corrected chi connectivity index (χ1v) is 4.48. The van der Waals surface area contributed by atoms with Crippen LogP contribution in [0.1, 0.15) is 0 Å². The van der Waals surface area contributed by atoms with Crippen molar-refractivity contribution in [3.05, 3.63) is 54.6 Å². The molecular formula is C13H9Cl2Zr. The molecule has 0 aliphatic rings. The predicted molar refractivity (Wildman–Crippen MR) is 57.0 cm³/mol. The van der Waals surface area contributed by atoms with Gasteiger partial charge in [-0.15, -0.1) is 22.9 Å². The van der Waals surface area contributed by atoms with Crippen molar-refractivity contribution in [2.75, 3.05) is 0 Å². The van der Waals surface area contributed by atoms with E-state index in [1.165, 1.54) is 21.5 Å². The van der Waals surface area contributed by atoms with E-state index in [1.807, 2.05) is 0 Å². The molecule has 0 saturated carbocycles. The number of benzene rings is 2. The Morgan fingerprint density at radius 1 is 0.750 bits per heavy atom. The van der Waals surface area contributed by atoms with E-state index >= 15 is 0 Å². The molecule has 0 heterocycles. The summed E-state index contributed by atoms with van der Waals surface area (Å²) in [5, 5.41) is 5.36. The smallest absolute Gasteiger partial charge is 1.00 e. The summed E-state index contributed by atoms with van der Waals surface area (Å²) >= 11 is 0. The molecule has 0 aliphatic carbocycles. The third-order valence-electron chi connectivity index (χ3n) is 2.54. The predicted octanol–water partition coefficient (Wildman–Crippen LogP) is -2.28. The van der Waals surface area contributed by atoms with Crippen molar-refractivity contribution in [2.45, 2.75) is 0 Å². The van der Waals surface area contributed by atoms with Crippen molar-refractivity contribution in [1.82, 2.24) is 0 Å². The van der Waals surface area contributed by atoms with Gasteiger partial charge in [0.1, 0.15) is 0 Å². The molecular weight excluding hydrogens is 318 g/mol. The van der Waals surface area contributed by atoms with Crippen molar-refractivity contribution in [3.8, 4) is 0 Å². The van der Waals surface area contributed by atoms with E-state index in [0.717, 1.165) is 0 Å². The van der Waals surface area contributed by atoms with Crippen LogP contribution < -0.4 is 24.8 Å². The van der Waals surface area contributed by atoms with Crippen LogP contribution in [0, 0.1) is 0 Å². The Kier molecular flexibility index (Phi) is 6.40. The molecule has 0 nitrogen and oxygen atoms in total. The van der Waals surface area contributed by atoms with Gasteiger partial charge in [0, 0.05) is 0 Å². The Bertz CT molecular complexity index is 572. The summed E-state index contributed by atoms with van der Waals surface area (Å²) in [5.41, 5.74) is 0. The SMILES string of the molecule is [Cl-].[Cl-].[Zr+3].c1ccc2c(c1)ccc1[cH-]ccc12. The average molecular weight is 327 g/mol. The Hall–Kier alpha value is -0.227. The Morgan fingerprint density at radius 3 is 2.31 bits per heavy atom. The van der Waals surface area contributed by atoms with E-state index in [9.17, 15) is 0 Å². The monoisotopic (exact) mass is 325 g/mol. The minimum atomic E-state index is 0. The van der Waals surface area contributed by atoms with Crippen LogP contribution in [0.3, 0.4) is 0 Å². The molecule has 0 bridgehead atoms. The van der Waals surface area contributed by atoms with Gasteiger partial charge >= 0.3 is 26.2 Å². The summed E-state index contributed by atoms with van der Waals surface area (Å²) in [6.07, 6.45) is 0. The minimum Gasteiger partial charge on any atom is -1.00 e. The Morgan fingerprint density at radius 2 is 1.50 bits per heavy atom. The van der Waals surface area contributed by atoms with Crippen molar-refractivity contribution >= 4 is 21.5 Å². The summed E-state index contributed by atoms with van der Waals surface area (Å²) in [7, 11) is 0. The van der Waals surface area contributed by atoms with Crippen molar-refractivity contribution in [2.24, 2.45) is 0 Å². The van der Waals surface area contributed by atoms with Gasteiger partial charge in [-0.1, -0.05) is 35.7 Å². The van der Waals surface area contributed by atoms with Gasteiger partial charge in [-0.25, -0.2) is 0 Å². The number of rotatable bonds is 0. The molecule has 3 aromatic carbocycles. The third kappa shape index (κ3) is 2.53. The summed E-state index contributed by atoms with van der Waals surface area (Å²) in [6, 6.07) is 19.3. The molecule has 3 aromatic rings. The molecule has 0 amide bonds. The van der Waals surface area contributed by atoms with Crippen molar-refractivity contribution in [3.63, 3.8) is 0 Å². The molecule has 1 radical (unpaired) electrons. The largest absolute Gasteiger partial charge is 3.00 e. The van der Waals surface area contributed by atoms with E-state index in [0.29, 0.717) is 0 Å². The van der Waals surface area contributed by atoms with Crippen LogP contribution >= 0.6 is 0 Å². The van der Waals surface area contributed by atoms with Crippen LogP contribution in [0.2, 0.25) is 0 Å². The quantitative estimate of drug-likeness (QED) is 0.408. The second kappa shape index (κ2) is 6.49. The molecule has 79 valence electrons. The zero-order valence-electron chi connectivity index (χ0n) is 8.45. The van der Waals surface area contributed by atoms with E-state index in [4.69, 9.17) is 0 Å². The fourth-order valence-electron chi connectivity index (χ4n) is 1.89. The maximum absolute atomic E-state index is 2.18.